The Kier molecular flexibility index (Phi) is 8.14. The zero-order chi connectivity index (χ0) is 26.5. The van der Waals surface area contributed by atoms with Crippen molar-refractivity contribution in [1.29, 1.82) is 0 Å². The number of ketones is 1. The van der Waals surface area contributed by atoms with Crippen LogP contribution in [-0.2, 0) is 0 Å². The number of carbonyl (C=O) groups excluding carboxylic acids is 4. The van der Waals surface area contributed by atoms with Crippen LogP contribution in [0.25, 0.3) is 0 Å². The number of benzene rings is 3. The molecule has 0 saturated heterocycles. The van der Waals surface area contributed by atoms with Gasteiger partial charge in [0.25, 0.3) is 17.7 Å². The number of hydrazine groups is 1. The first-order chi connectivity index (χ1) is 17.0. The van der Waals surface area contributed by atoms with Gasteiger partial charge in [0.15, 0.2) is 5.78 Å². The fourth-order valence-electron chi connectivity index (χ4n) is 3.71. The smallest absolute Gasteiger partial charge is 0.282 e. The van der Waals surface area contributed by atoms with Crippen LogP contribution in [0, 0.1) is 0 Å². The van der Waals surface area contributed by atoms with E-state index < -0.39 is 29.5 Å². The van der Waals surface area contributed by atoms with Gasteiger partial charge in [-0.05, 0) is 88.8 Å². The Bertz CT molecular complexity index is 1420. The van der Waals surface area contributed by atoms with E-state index in [0.29, 0.717) is 33.5 Å². The summed E-state index contributed by atoms with van der Waals surface area (Å²) in [7, 11) is 0. The van der Waals surface area contributed by atoms with Crippen LogP contribution in [0.4, 0.5) is 0 Å². The maximum atomic E-state index is 13.8. The minimum Gasteiger partial charge on any atom is -0.292 e. The fourth-order valence-corrected chi connectivity index (χ4v) is 6.66. The Hall–Kier alpha value is -1.56. The van der Waals surface area contributed by atoms with E-state index in [2.05, 4.69) is 63.7 Å². The van der Waals surface area contributed by atoms with E-state index in [4.69, 9.17) is 23.2 Å². The molecule has 6 nitrogen and oxygen atoms in total. The number of Topliss-reactive ketones (excluding diaryl/α,β-unsaturated/α-hetero) is 1. The number of hydrogen-bond donors (Lipinski definition) is 0. The van der Waals surface area contributed by atoms with E-state index in [-0.39, 0.29) is 21.7 Å². The van der Waals surface area contributed by atoms with Crippen LogP contribution < -0.4 is 0 Å². The van der Waals surface area contributed by atoms with E-state index in [0.717, 1.165) is 5.01 Å². The minimum atomic E-state index is -1.25. The maximum Gasteiger partial charge on any atom is 0.282 e. The second-order valence-electron chi connectivity index (χ2n) is 7.61. The lowest BCUT2D eigenvalue weighted by atomic mass is 10.0. The molecule has 0 aromatic heterocycles. The maximum absolute atomic E-state index is 13.8. The summed E-state index contributed by atoms with van der Waals surface area (Å²) in [6.45, 7) is 1.44. The van der Waals surface area contributed by atoms with Gasteiger partial charge >= 0.3 is 0 Å². The number of halogens is 6. The number of rotatable bonds is 5. The molecular formula is C24H12Br4Cl2N2O4. The molecule has 0 fully saturated rings. The summed E-state index contributed by atoms with van der Waals surface area (Å²) in [4.78, 5) is 54.6. The van der Waals surface area contributed by atoms with Crippen LogP contribution >= 0.6 is 86.9 Å². The quantitative estimate of drug-likeness (QED) is 0.114. The highest BCUT2D eigenvalue weighted by molar-refractivity contribution is 9.15. The van der Waals surface area contributed by atoms with Crippen LogP contribution in [0.1, 0.15) is 48.4 Å². The zero-order valence-corrected chi connectivity index (χ0v) is 25.8. The first-order valence-electron chi connectivity index (χ1n) is 10.1. The second kappa shape index (κ2) is 10.7. The number of nitrogens with zero attached hydrogens (tertiary/aromatic N) is 2. The van der Waals surface area contributed by atoms with Crippen molar-refractivity contribution in [2.24, 2.45) is 0 Å². The van der Waals surface area contributed by atoms with Gasteiger partial charge in [0.1, 0.15) is 6.04 Å². The van der Waals surface area contributed by atoms with Crippen molar-refractivity contribution < 1.29 is 19.2 Å². The SMILES string of the molecule is C[C@@H](C(=O)c1ccccc1)N(C(=O)c1ccc(Cl)cc1Cl)N1C(=O)c2c(Br)c(Br)c(Br)c(Br)c2C1=O. The first-order valence-corrected chi connectivity index (χ1v) is 14.0. The Balaban J connectivity index is 1.90. The minimum absolute atomic E-state index is 0.00122. The van der Waals surface area contributed by atoms with Crippen LogP contribution in [-0.4, -0.2) is 39.6 Å². The van der Waals surface area contributed by atoms with E-state index in [1.54, 1.807) is 30.3 Å². The molecule has 4 rings (SSSR count). The van der Waals surface area contributed by atoms with Gasteiger partial charge in [-0.3, -0.25) is 19.2 Å². The zero-order valence-electron chi connectivity index (χ0n) is 18.0. The molecule has 0 aliphatic carbocycles. The van der Waals surface area contributed by atoms with Gasteiger partial charge in [-0.15, -0.1) is 0 Å². The Morgan fingerprint density at radius 3 is 1.86 bits per heavy atom. The van der Waals surface area contributed by atoms with Gasteiger partial charge in [-0.1, -0.05) is 53.5 Å². The summed E-state index contributed by atoms with van der Waals surface area (Å²) in [5.74, 6) is -2.89. The van der Waals surface area contributed by atoms with E-state index >= 15 is 0 Å². The standard InChI is InChI=1S/C24H12Br4Cl2N2O4/c1-10(21(33)11-5-3-2-4-6-11)31(22(34)13-8-7-12(29)9-14(13)30)32-23(35)15-16(24(32)36)18(26)20(28)19(27)17(15)25/h2-10H,1H3/t10-/m0/s1. The van der Waals surface area contributed by atoms with E-state index in [1.165, 1.54) is 25.1 Å². The van der Waals surface area contributed by atoms with Crippen molar-refractivity contribution in [1.82, 2.24) is 10.0 Å². The summed E-state index contributed by atoms with van der Waals surface area (Å²) in [5, 5.41) is 1.81. The van der Waals surface area contributed by atoms with Gasteiger partial charge in [0.05, 0.1) is 21.7 Å². The monoisotopic (exact) mass is 778 g/mol. The molecule has 184 valence electrons. The summed E-state index contributed by atoms with van der Waals surface area (Å²) >= 11 is 25.8. The third kappa shape index (κ3) is 4.61. The highest BCUT2D eigenvalue weighted by Gasteiger charge is 2.48. The van der Waals surface area contributed by atoms with Crippen LogP contribution in [0.15, 0.2) is 66.4 Å². The molecule has 12 heteroatoms. The number of carbonyl (C=O) groups is 4. The third-order valence-corrected chi connectivity index (χ3v) is 10.8. The molecular weight excluding hydrogens is 771 g/mol. The molecule has 3 amide bonds. The molecule has 36 heavy (non-hydrogen) atoms. The van der Waals surface area contributed by atoms with E-state index in [1.807, 2.05) is 0 Å². The first kappa shape index (κ1) is 27.5. The molecule has 0 radical (unpaired) electrons. The third-order valence-electron chi connectivity index (χ3n) is 5.47. The van der Waals surface area contributed by atoms with Gasteiger partial charge < -0.3 is 0 Å². The van der Waals surface area contributed by atoms with Crippen molar-refractivity contribution in [3.8, 4) is 0 Å². The van der Waals surface area contributed by atoms with Gasteiger partial charge in [-0.25, -0.2) is 5.01 Å². The highest BCUT2D eigenvalue weighted by Crippen LogP contribution is 2.46. The number of amides is 3. The summed E-state index contributed by atoms with van der Waals surface area (Å²) in [6.07, 6.45) is 0. The summed E-state index contributed by atoms with van der Waals surface area (Å²) < 4.78 is 1.60. The van der Waals surface area contributed by atoms with Crippen molar-refractivity contribution in [3.05, 3.63) is 98.7 Å². The molecule has 0 N–H and O–H groups in total. The topological polar surface area (TPSA) is 74.8 Å². The Morgan fingerprint density at radius 1 is 0.833 bits per heavy atom. The van der Waals surface area contributed by atoms with Gasteiger partial charge in [0, 0.05) is 28.5 Å². The second-order valence-corrected chi connectivity index (χ2v) is 11.6. The molecule has 1 aliphatic rings. The molecule has 1 atom stereocenters. The Morgan fingerprint density at radius 2 is 1.36 bits per heavy atom. The number of fused-ring (bicyclic) bond motifs is 1. The number of hydrogen-bond acceptors (Lipinski definition) is 4. The lowest BCUT2D eigenvalue weighted by Gasteiger charge is -2.34. The molecule has 1 heterocycles. The predicted molar refractivity (Wildman–Crippen MR) is 151 cm³/mol. The lowest BCUT2D eigenvalue weighted by molar-refractivity contribution is -0.00684. The van der Waals surface area contributed by atoms with Gasteiger partial charge in [0.2, 0.25) is 0 Å². The van der Waals surface area contributed by atoms with Crippen molar-refractivity contribution in [3.63, 3.8) is 0 Å². The Labute approximate surface area is 249 Å². The fraction of sp³-hybridized carbons (Fsp3) is 0.0833. The predicted octanol–water partition coefficient (Wildman–Crippen LogP) is 7.97. The average Bonchev–Trinajstić information content (AvgIpc) is 3.11. The molecule has 0 bridgehead atoms. The van der Waals surface area contributed by atoms with Crippen molar-refractivity contribution in [2.75, 3.05) is 0 Å². The lowest BCUT2D eigenvalue weighted by Crippen LogP contribution is -2.56. The van der Waals surface area contributed by atoms with Crippen LogP contribution in [0.3, 0.4) is 0 Å². The largest absolute Gasteiger partial charge is 0.292 e. The normalized spacial score (nSPS) is 13.6. The highest BCUT2D eigenvalue weighted by atomic mass is 79.9. The molecule has 3 aromatic carbocycles. The molecule has 0 saturated carbocycles. The number of imide groups is 1. The summed E-state index contributed by atoms with van der Waals surface area (Å²) in [5.41, 5.74) is 0.322. The van der Waals surface area contributed by atoms with Gasteiger partial charge in [-0.2, -0.15) is 5.01 Å². The average molecular weight is 783 g/mol. The van der Waals surface area contributed by atoms with E-state index in [9.17, 15) is 19.2 Å². The molecule has 1 aliphatic heterocycles. The summed E-state index contributed by atoms with van der Waals surface area (Å²) in [6, 6.07) is 11.2. The van der Waals surface area contributed by atoms with Crippen LogP contribution in [0.5, 0.6) is 0 Å². The van der Waals surface area contributed by atoms with Crippen molar-refractivity contribution in [2.45, 2.75) is 13.0 Å². The molecule has 3 aromatic rings. The van der Waals surface area contributed by atoms with Crippen LogP contribution in [0.2, 0.25) is 10.0 Å². The van der Waals surface area contributed by atoms with Crippen molar-refractivity contribution >= 4 is 110 Å². The molecule has 0 spiro atoms. The molecule has 0 unspecified atom stereocenters.